The monoisotopic (exact) mass is 297 g/mol. The van der Waals surface area contributed by atoms with E-state index in [9.17, 15) is 13.6 Å². The number of halogens is 2. The second kappa shape index (κ2) is 9.06. The zero-order valence-electron chi connectivity index (χ0n) is 11.7. The molecule has 0 unspecified atom stereocenters. The van der Waals surface area contributed by atoms with Gasteiger partial charge in [0, 0.05) is 11.3 Å². The fraction of sp³-hybridized carbons (Fsp3) is 0.400. The first-order chi connectivity index (χ1) is 10.0. The maximum absolute atomic E-state index is 11.8. The van der Waals surface area contributed by atoms with E-state index in [1.54, 1.807) is 18.2 Å². The molecular weight excluding hydrogens is 280 g/mol. The molecule has 0 spiro atoms. The van der Waals surface area contributed by atoms with E-state index >= 15 is 0 Å². The van der Waals surface area contributed by atoms with Gasteiger partial charge in [-0.25, -0.2) is 8.78 Å². The molecule has 0 saturated heterocycles. The number of aliphatic hydroxyl groups is 1. The molecule has 4 nitrogen and oxygen atoms in total. The summed E-state index contributed by atoms with van der Waals surface area (Å²) in [5, 5.41) is 11.3. The van der Waals surface area contributed by atoms with Crippen LogP contribution in [0.25, 0.3) is 0 Å². The quantitative estimate of drug-likeness (QED) is 0.623. The molecule has 0 aromatic heterocycles. The Morgan fingerprint density at radius 1 is 1.48 bits per heavy atom. The molecule has 1 amide bonds. The van der Waals surface area contributed by atoms with Gasteiger partial charge in [-0.15, -0.1) is 0 Å². The van der Waals surface area contributed by atoms with Crippen molar-refractivity contribution >= 4 is 11.6 Å². The van der Waals surface area contributed by atoms with E-state index in [1.165, 1.54) is 0 Å². The van der Waals surface area contributed by atoms with Crippen molar-refractivity contribution in [2.45, 2.75) is 19.8 Å². The highest BCUT2D eigenvalue weighted by molar-refractivity contribution is 5.90. The predicted octanol–water partition coefficient (Wildman–Crippen LogP) is 1.95. The number of alkyl halides is 2. The summed E-state index contributed by atoms with van der Waals surface area (Å²) in [6.07, 6.45) is -2.51. The first-order valence-corrected chi connectivity index (χ1v) is 6.39. The van der Waals surface area contributed by atoms with Crippen molar-refractivity contribution in [3.05, 3.63) is 29.3 Å². The molecule has 114 valence electrons. The maximum atomic E-state index is 11.8. The van der Waals surface area contributed by atoms with Crippen LogP contribution in [0.3, 0.4) is 0 Å². The van der Waals surface area contributed by atoms with E-state index in [0.29, 0.717) is 5.69 Å². The van der Waals surface area contributed by atoms with Crippen LogP contribution in [0.15, 0.2) is 18.2 Å². The van der Waals surface area contributed by atoms with Crippen LogP contribution in [-0.2, 0) is 9.53 Å². The molecule has 0 aliphatic carbocycles. The zero-order valence-corrected chi connectivity index (χ0v) is 11.7. The SMILES string of the molecule is Cc1cc(NC(=O)CCOCC(F)F)ccc1C#CCO. The van der Waals surface area contributed by atoms with Crippen LogP contribution >= 0.6 is 0 Å². The Morgan fingerprint density at radius 2 is 2.24 bits per heavy atom. The smallest absolute Gasteiger partial charge is 0.261 e. The highest BCUT2D eigenvalue weighted by Gasteiger charge is 2.06. The van der Waals surface area contributed by atoms with E-state index in [0.717, 1.165) is 11.1 Å². The lowest BCUT2D eigenvalue weighted by molar-refractivity contribution is -0.117. The number of anilines is 1. The van der Waals surface area contributed by atoms with E-state index in [-0.39, 0.29) is 25.5 Å². The number of rotatable bonds is 6. The van der Waals surface area contributed by atoms with Crippen LogP contribution in [0.4, 0.5) is 14.5 Å². The van der Waals surface area contributed by atoms with Crippen molar-refractivity contribution < 1.29 is 23.4 Å². The van der Waals surface area contributed by atoms with Crippen molar-refractivity contribution in [2.24, 2.45) is 0 Å². The lowest BCUT2D eigenvalue weighted by Crippen LogP contribution is -2.15. The van der Waals surface area contributed by atoms with Crippen LogP contribution in [0.5, 0.6) is 0 Å². The highest BCUT2D eigenvalue weighted by Crippen LogP contribution is 2.14. The number of carbonyl (C=O) groups is 1. The third kappa shape index (κ3) is 6.84. The Balaban J connectivity index is 2.47. The third-order valence-electron chi connectivity index (χ3n) is 2.53. The van der Waals surface area contributed by atoms with Crippen molar-refractivity contribution in [2.75, 3.05) is 25.1 Å². The summed E-state index contributed by atoms with van der Waals surface area (Å²) in [5.74, 6) is 5.03. The zero-order chi connectivity index (χ0) is 15.7. The topological polar surface area (TPSA) is 58.6 Å². The summed E-state index contributed by atoms with van der Waals surface area (Å²) < 4.78 is 28.3. The molecular formula is C15H17F2NO3. The van der Waals surface area contributed by atoms with Gasteiger partial charge in [0.25, 0.3) is 6.43 Å². The molecule has 2 N–H and O–H groups in total. The van der Waals surface area contributed by atoms with Gasteiger partial charge >= 0.3 is 0 Å². The van der Waals surface area contributed by atoms with Gasteiger partial charge in [0.15, 0.2) is 0 Å². The second-order valence-electron chi connectivity index (χ2n) is 4.25. The lowest BCUT2D eigenvalue weighted by Gasteiger charge is -2.07. The number of hydrogen-bond donors (Lipinski definition) is 2. The molecule has 21 heavy (non-hydrogen) atoms. The number of ether oxygens (including phenoxy) is 1. The number of hydrogen-bond acceptors (Lipinski definition) is 3. The van der Waals surface area contributed by atoms with Gasteiger partial charge < -0.3 is 15.2 Å². The third-order valence-corrected chi connectivity index (χ3v) is 2.53. The minimum atomic E-state index is -2.52. The molecule has 0 heterocycles. The summed E-state index contributed by atoms with van der Waals surface area (Å²) in [4.78, 5) is 11.6. The van der Waals surface area contributed by atoms with E-state index in [4.69, 9.17) is 5.11 Å². The van der Waals surface area contributed by atoms with Crippen molar-refractivity contribution in [3.63, 3.8) is 0 Å². The first kappa shape index (κ1) is 17.1. The lowest BCUT2D eigenvalue weighted by atomic mass is 10.1. The van der Waals surface area contributed by atoms with Gasteiger partial charge in [0.2, 0.25) is 5.91 Å². The Kier molecular flexibility index (Phi) is 7.37. The van der Waals surface area contributed by atoms with Gasteiger partial charge in [-0.1, -0.05) is 11.8 Å². The number of nitrogens with one attached hydrogen (secondary N) is 1. The molecule has 0 atom stereocenters. The van der Waals surface area contributed by atoms with Gasteiger partial charge in [-0.05, 0) is 30.7 Å². The summed E-state index contributed by atoms with van der Waals surface area (Å²) in [6.45, 7) is 0.916. The number of carbonyl (C=O) groups excluding carboxylic acids is 1. The molecule has 1 aromatic rings. The average molecular weight is 297 g/mol. The van der Waals surface area contributed by atoms with E-state index < -0.39 is 13.0 Å². The second-order valence-corrected chi connectivity index (χ2v) is 4.25. The minimum absolute atomic E-state index is 0.0117. The summed E-state index contributed by atoms with van der Waals surface area (Å²) in [5.41, 5.74) is 2.23. The van der Waals surface area contributed by atoms with Crippen molar-refractivity contribution in [1.82, 2.24) is 0 Å². The van der Waals surface area contributed by atoms with Gasteiger partial charge in [-0.2, -0.15) is 0 Å². The molecule has 0 saturated carbocycles. The van der Waals surface area contributed by atoms with Gasteiger partial charge in [0.1, 0.15) is 13.2 Å². The Bertz CT molecular complexity index is 535. The van der Waals surface area contributed by atoms with Gasteiger partial charge in [-0.3, -0.25) is 4.79 Å². The normalized spacial score (nSPS) is 10.1. The summed E-state index contributed by atoms with van der Waals surface area (Å²) in [7, 11) is 0. The average Bonchev–Trinajstić information content (AvgIpc) is 2.42. The van der Waals surface area contributed by atoms with Crippen LogP contribution in [0, 0.1) is 18.8 Å². The molecule has 0 aliphatic rings. The highest BCUT2D eigenvalue weighted by atomic mass is 19.3. The first-order valence-electron chi connectivity index (χ1n) is 6.39. The van der Waals surface area contributed by atoms with E-state index in [1.807, 2.05) is 6.92 Å². The molecule has 1 rings (SSSR count). The Hall–Kier alpha value is -1.97. The summed E-state index contributed by atoms with van der Waals surface area (Å²) >= 11 is 0. The van der Waals surface area contributed by atoms with Gasteiger partial charge in [0.05, 0.1) is 13.0 Å². The van der Waals surface area contributed by atoms with Crippen molar-refractivity contribution in [1.29, 1.82) is 0 Å². The fourth-order valence-corrected chi connectivity index (χ4v) is 1.58. The molecule has 0 bridgehead atoms. The maximum Gasteiger partial charge on any atom is 0.261 e. The Labute approximate surface area is 122 Å². The van der Waals surface area contributed by atoms with Crippen molar-refractivity contribution in [3.8, 4) is 11.8 Å². The van der Waals surface area contributed by atoms with E-state index in [2.05, 4.69) is 21.9 Å². The minimum Gasteiger partial charge on any atom is -0.384 e. The standard InChI is InChI=1S/C15H17F2NO3/c1-11-9-13(5-4-12(11)3-2-7-19)18-15(20)6-8-21-10-14(16)17/h4-5,9,14,19H,6-8,10H2,1H3,(H,18,20). The number of benzene rings is 1. The van der Waals surface area contributed by atoms with Crippen LogP contribution in [-0.4, -0.2) is 37.3 Å². The summed E-state index contributed by atoms with van der Waals surface area (Å²) in [6, 6.07) is 5.17. The van der Waals surface area contributed by atoms with Crippen LogP contribution in [0.2, 0.25) is 0 Å². The number of aliphatic hydroxyl groups excluding tert-OH is 1. The van der Waals surface area contributed by atoms with Crippen LogP contribution in [0.1, 0.15) is 17.5 Å². The largest absolute Gasteiger partial charge is 0.384 e. The number of aryl methyl sites for hydroxylation is 1. The Morgan fingerprint density at radius 3 is 2.86 bits per heavy atom. The molecule has 0 aliphatic heterocycles. The molecule has 6 heteroatoms. The van der Waals surface area contributed by atoms with Crippen LogP contribution < -0.4 is 5.32 Å². The molecule has 0 radical (unpaired) electrons. The molecule has 1 aromatic carbocycles. The number of amides is 1. The predicted molar refractivity (Wildman–Crippen MR) is 75.2 cm³/mol. The molecule has 0 fully saturated rings. The fourth-order valence-electron chi connectivity index (χ4n) is 1.58.